The Balaban J connectivity index is 2.11. The van der Waals surface area contributed by atoms with Crippen LogP contribution in [-0.2, 0) is 30.4 Å². The third-order valence-electron chi connectivity index (χ3n) is 5.03. The van der Waals surface area contributed by atoms with Crippen molar-refractivity contribution in [3.8, 4) is 0 Å². The molecule has 0 spiro atoms. The van der Waals surface area contributed by atoms with Crippen LogP contribution in [0.1, 0.15) is 31.2 Å². The van der Waals surface area contributed by atoms with Gasteiger partial charge in [-0.3, -0.25) is 19.2 Å². The molecule has 1 heterocycles. The second kappa shape index (κ2) is 11.6. The van der Waals surface area contributed by atoms with Gasteiger partial charge in [-0.05, 0) is 24.5 Å². The number of benzene rings is 1. The number of hydrogen-bond donors (Lipinski definition) is 7. The lowest BCUT2D eigenvalue weighted by Crippen LogP contribution is -2.55. The van der Waals surface area contributed by atoms with Crippen LogP contribution in [0.5, 0.6) is 0 Å². The van der Waals surface area contributed by atoms with E-state index < -0.39 is 54.2 Å². The fourth-order valence-corrected chi connectivity index (χ4v) is 3.24. The Morgan fingerprint density at radius 2 is 1.61 bits per heavy atom. The fraction of sp³-hybridized carbons (Fsp3) is 0.381. The molecule has 0 aliphatic carbocycles. The van der Waals surface area contributed by atoms with Crippen LogP contribution in [-0.4, -0.2) is 63.0 Å². The SMILES string of the molecule is NC(=O)CC[C@H](N)C(=O)N[C@@H](CCC(=O)O)C(=O)N[C@@H](Cc1c[nH]c2ccccc12)C(=O)O. The number of carbonyl (C=O) groups is 5. The summed E-state index contributed by atoms with van der Waals surface area (Å²) < 4.78 is 0. The minimum atomic E-state index is -1.34. The van der Waals surface area contributed by atoms with E-state index in [-0.39, 0.29) is 25.7 Å². The van der Waals surface area contributed by atoms with Crippen molar-refractivity contribution in [2.24, 2.45) is 11.5 Å². The number of carboxylic acid groups (broad SMARTS) is 2. The number of rotatable bonds is 13. The van der Waals surface area contributed by atoms with Gasteiger partial charge >= 0.3 is 11.9 Å². The van der Waals surface area contributed by atoms with Gasteiger partial charge in [0.15, 0.2) is 0 Å². The first kappa shape index (κ1) is 25.3. The summed E-state index contributed by atoms with van der Waals surface area (Å²) in [4.78, 5) is 61.8. The summed E-state index contributed by atoms with van der Waals surface area (Å²) in [7, 11) is 0. The van der Waals surface area contributed by atoms with Gasteiger partial charge in [0.05, 0.1) is 6.04 Å². The topological polar surface area (TPSA) is 218 Å². The van der Waals surface area contributed by atoms with Gasteiger partial charge in [-0.25, -0.2) is 4.79 Å². The largest absolute Gasteiger partial charge is 0.481 e. The number of hydrogen-bond acceptors (Lipinski definition) is 6. The van der Waals surface area contributed by atoms with E-state index in [9.17, 15) is 29.1 Å². The number of nitrogens with one attached hydrogen (secondary N) is 3. The molecule has 33 heavy (non-hydrogen) atoms. The van der Waals surface area contributed by atoms with Crippen LogP contribution >= 0.6 is 0 Å². The van der Waals surface area contributed by atoms with Crippen molar-refractivity contribution in [1.29, 1.82) is 0 Å². The molecule has 9 N–H and O–H groups in total. The van der Waals surface area contributed by atoms with Crippen molar-refractivity contribution in [2.45, 2.75) is 50.2 Å². The normalized spacial score (nSPS) is 13.6. The van der Waals surface area contributed by atoms with E-state index in [4.69, 9.17) is 16.6 Å². The molecule has 0 aliphatic rings. The van der Waals surface area contributed by atoms with Crippen LogP contribution in [0.4, 0.5) is 0 Å². The Morgan fingerprint density at radius 3 is 2.24 bits per heavy atom. The lowest BCUT2D eigenvalue weighted by Gasteiger charge is -2.22. The van der Waals surface area contributed by atoms with E-state index >= 15 is 0 Å². The molecule has 0 unspecified atom stereocenters. The highest BCUT2D eigenvalue weighted by atomic mass is 16.4. The number of nitrogens with two attached hydrogens (primary N) is 2. The summed E-state index contributed by atoms with van der Waals surface area (Å²) in [6, 6.07) is 3.44. The van der Waals surface area contributed by atoms with Crippen LogP contribution in [0.3, 0.4) is 0 Å². The third kappa shape index (κ3) is 7.61. The Labute approximate surface area is 188 Å². The number of fused-ring (bicyclic) bond motifs is 1. The second-order valence-corrected chi connectivity index (χ2v) is 7.57. The van der Waals surface area contributed by atoms with E-state index in [1.165, 1.54) is 0 Å². The van der Waals surface area contributed by atoms with Crippen molar-refractivity contribution in [3.05, 3.63) is 36.0 Å². The van der Waals surface area contributed by atoms with E-state index in [2.05, 4.69) is 15.6 Å². The number of primary amides is 1. The van der Waals surface area contributed by atoms with Gasteiger partial charge < -0.3 is 37.3 Å². The predicted octanol–water partition coefficient (Wildman–Crippen LogP) is -0.778. The minimum Gasteiger partial charge on any atom is -0.481 e. The van der Waals surface area contributed by atoms with Crippen LogP contribution in [0.2, 0.25) is 0 Å². The standard InChI is InChI=1S/C21H27N5O7/c22-13(5-7-17(23)27)19(30)25-15(6-8-18(28)29)20(31)26-16(21(32)33)9-11-10-24-14-4-2-1-3-12(11)14/h1-4,10,13,15-16,24H,5-9,22H2,(H2,23,27)(H,25,30)(H,26,31)(H,28,29)(H,32,33)/t13-,15-,16-/m0/s1. The highest BCUT2D eigenvalue weighted by molar-refractivity contribution is 5.92. The molecule has 0 radical (unpaired) electrons. The predicted molar refractivity (Wildman–Crippen MR) is 117 cm³/mol. The van der Waals surface area contributed by atoms with E-state index in [1.807, 2.05) is 18.2 Å². The van der Waals surface area contributed by atoms with Gasteiger partial charge in [0.1, 0.15) is 12.1 Å². The van der Waals surface area contributed by atoms with Crippen molar-refractivity contribution in [3.63, 3.8) is 0 Å². The van der Waals surface area contributed by atoms with Crippen LogP contribution < -0.4 is 22.1 Å². The molecule has 2 aromatic rings. The number of H-pyrrole nitrogens is 1. The highest BCUT2D eigenvalue weighted by Gasteiger charge is 2.29. The van der Waals surface area contributed by atoms with Crippen molar-refractivity contribution in [2.75, 3.05) is 0 Å². The number of aromatic nitrogens is 1. The first-order valence-electron chi connectivity index (χ1n) is 10.2. The van der Waals surface area contributed by atoms with Crippen molar-refractivity contribution in [1.82, 2.24) is 15.6 Å². The van der Waals surface area contributed by atoms with Gasteiger partial charge in [0.2, 0.25) is 17.7 Å². The Morgan fingerprint density at radius 1 is 0.939 bits per heavy atom. The zero-order chi connectivity index (χ0) is 24.5. The van der Waals surface area contributed by atoms with Gasteiger partial charge in [0, 0.05) is 36.4 Å². The Kier molecular flexibility index (Phi) is 8.92. The molecule has 178 valence electrons. The summed E-state index contributed by atoms with van der Waals surface area (Å²) in [5.74, 6) is -4.80. The van der Waals surface area contributed by atoms with E-state index in [0.717, 1.165) is 10.9 Å². The number of carbonyl (C=O) groups excluding carboxylic acids is 3. The molecule has 0 fully saturated rings. The average molecular weight is 461 g/mol. The van der Waals surface area contributed by atoms with Gasteiger partial charge in [-0.15, -0.1) is 0 Å². The van der Waals surface area contributed by atoms with Crippen LogP contribution in [0.15, 0.2) is 30.5 Å². The lowest BCUT2D eigenvalue weighted by molar-refractivity contribution is -0.143. The summed E-state index contributed by atoms with van der Waals surface area (Å²) in [6.07, 6.45) is 0.667. The zero-order valence-corrected chi connectivity index (χ0v) is 17.7. The van der Waals surface area contributed by atoms with Gasteiger partial charge in [-0.1, -0.05) is 18.2 Å². The molecule has 0 bridgehead atoms. The maximum absolute atomic E-state index is 12.8. The van der Waals surface area contributed by atoms with E-state index in [1.54, 1.807) is 12.3 Å². The van der Waals surface area contributed by atoms with Gasteiger partial charge in [0.25, 0.3) is 0 Å². The molecule has 3 atom stereocenters. The molecule has 12 nitrogen and oxygen atoms in total. The number of carboxylic acids is 2. The zero-order valence-electron chi connectivity index (χ0n) is 17.7. The molecule has 0 saturated carbocycles. The molecule has 1 aromatic heterocycles. The summed E-state index contributed by atoms with van der Waals surface area (Å²) >= 11 is 0. The molecule has 1 aromatic carbocycles. The fourth-order valence-electron chi connectivity index (χ4n) is 3.24. The highest BCUT2D eigenvalue weighted by Crippen LogP contribution is 2.19. The quantitative estimate of drug-likeness (QED) is 0.200. The second-order valence-electron chi connectivity index (χ2n) is 7.57. The Bertz CT molecular complexity index is 1030. The first-order valence-corrected chi connectivity index (χ1v) is 10.2. The molecular weight excluding hydrogens is 434 g/mol. The maximum Gasteiger partial charge on any atom is 0.326 e. The van der Waals surface area contributed by atoms with E-state index in [0.29, 0.717) is 5.56 Å². The van der Waals surface area contributed by atoms with Crippen LogP contribution in [0.25, 0.3) is 10.9 Å². The first-order chi connectivity index (χ1) is 15.6. The summed E-state index contributed by atoms with van der Waals surface area (Å²) in [5, 5.41) is 24.1. The molecular formula is C21H27N5O7. The van der Waals surface area contributed by atoms with Gasteiger partial charge in [-0.2, -0.15) is 0 Å². The van der Waals surface area contributed by atoms with Crippen molar-refractivity contribution < 1.29 is 34.2 Å². The third-order valence-corrected chi connectivity index (χ3v) is 5.03. The summed E-state index contributed by atoms with van der Waals surface area (Å²) in [6.45, 7) is 0. The summed E-state index contributed by atoms with van der Waals surface area (Å²) in [5.41, 5.74) is 12.2. The average Bonchev–Trinajstić information content (AvgIpc) is 3.16. The molecule has 2 rings (SSSR count). The smallest absolute Gasteiger partial charge is 0.326 e. The molecule has 3 amide bonds. The Hall–Kier alpha value is -3.93. The molecule has 12 heteroatoms. The molecule has 0 aliphatic heterocycles. The number of amides is 3. The van der Waals surface area contributed by atoms with Crippen LogP contribution in [0, 0.1) is 0 Å². The number of aliphatic carboxylic acids is 2. The van der Waals surface area contributed by atoms with Crippen molar-refractivity contribution >= 4 is 40.6 Å². The molecule has 0 saturated heterocycles. The lowest BCUT2D eigenvalue weighted by atomic mass is 10.0. The maximum atomic E-state index is 12.8. The minimum absolute atomic E-state index is 0.0389. The number of para-hydroxylation sites is 1. The number of aromatic amines is 1. The monoisotopic (exact) mass is 461 g/mol.